The van der Waals surface area contributed by atoms with Gasteiger partial charge in [-0.3, -0.25) is 0 Å². The second-order valence-electron chi connectivity index (χ2n) is 4.29. The van der Waals surface area contributed by atoms with Crippen molar-refractivity contribution < 1.29 is 5.11 Å². The van der Waals surface area contributed by atoms with Crippen LogP contribution in [-0.4, -0.2) is 18.2 Å². The highest BCUT2D eigenvalue weighted by Gasteiger charge is 2.23. The molecule has 0 aromatic heterocycles. The Morgan fingerprint density at radius 2 is 2.14 bits per heavy atom. The quantitative estimate of drug-likeness (QED) is 0.772. The fourth-order valence-corrected chi connectivity index (χ4v) is 2.07. The van der Waals surface area contributed by atoms with Crippen LogP contribution < -0.4 is 4.90 Å². The zero-order valence-corrected chi connectivity index (χ0v) is 8.83. The van der Waals surface area contributed by atoms with Gasteiger partial charge in [-0.2, -0.15) is 0 Å². The lowest BCUT2D eigenvalue weighted by Gasteiger charge is -2.40. The molecule has 0 saturated carbocycles. The van der Waals surface area contributed by atoms with E-state index in [9.17, 15) is 0 Å². The molecule has 1 N–H and O–H groups in total. The fraction of sp³-hybridized carbons (Fsp3) is 0.500. The molecule has 14 heavy (non-hydrogen) atoms. The van der Waals surface area contributed by atoms with Crippen LogP contribution >= 0.6 is 0 Å². The van der Waals surface area contributed by atoms with Crippen LogP contribution in [-0.2, 0) is 6.61 Å². The number of hydrogen-bond donors (Lipinski definition) is 1. The average molecular weight is 191 g/mol. The molecule has 2 nitrogen and oxygen atoms in total. The summed E-state index contributed by atoms with van der Waals surface area (Å²) >= 11 is 0. The molecular formula is C12H17NO. The topological polar surface area (TPSA) is 23.5 Å². The van der Waals surface area contributed by atoms with E-state index in [2.05, 4.69) is 30.9 Å². The van der Waals surface area contributed by atoms with Gasteiger partial charge >= 0.3 is 0 Å². The van der Waals surface area contributed by atoms with Crippen molar-refractivity contribution >= 4 is 5.69 Å². The summed E-state index contributed by atoms with van der Waals surface area (Å²) in [6, 6.07) is 6.19. The maximum atomic E-state index is 8.99. The van der Waals surface area contributed by atoms with Crippen molar-refractivity contribution in [3.05, 3.63) is 29.3 Å². The minimum absolute atomic E-state index is 0.136. The van der Waals surface area contributed by atoms with Crippen LogP contribution in [0.3, 0.4) is 0 Å². The van der Waals surface area contributed by atoms with E-state index >= 15 is 0 Å². The van der Waals surface area contributed by atoms with Crippen molar-refractivity contribution in [2.24, 2.45) is 5.92 Å². The van der Waals surface area contributed by atoms with E-state index in [0.29, 0.717) is 0 Å². The molecule has 0 unspecified atom stereocenters. The molecule has 0 radical (unpaired) electrons. The average Bonchev–Trinajstić information content (AvgIpc) is 2.13. The zero-order chi connectivity index (χ0) is 10.1. The Labute approximate surface area is 85.2 Å². The van der Waals surface area contributed by atoms with E-state index in [1.165, 1.54) is 24.3 Å². The summed E-state index contributed by atoms with van der Waals surface area (Å²) in [6.07, 6.45) is 0. The van der Waals surface area contributed by atoms with Crippen LogP contribution in [0.5, 0.6) is 0 Å². The number of aliphatic hydroxyl groups excluding tert-OH is 1. The highest BCUT2D eigenvalue weighted by Crippen LogP contribution is 2.27. The minimum atomic E-state index is 0.136. The molecule has 0 aliphatic carbocycles. The first-order valence-electron chi connectivity index (χ1n) is 5.16. The molecule has 1 fully saturated rings. The maximum Gasteiger partial charge on any atom is 0.0681 e. The highest BCUT2D eigenvalue weighted by molar-refractivity contribution is 5.56. The van der Waals surface area contributed by atoms with Crippen LogP contribution in [0.25, 0.3) is 0 Å². The summed E-state index contributed by atoms with van der Waals surface area (Å²) in [5.74, 6) is 0.826. The Hall–Kier alpha value is -1.02. The predicted octanol–water partition coefficient (Wildman–Crippen LogP) is 1.94. The lowest BCUT2D eigenvalue weighted by atomic mass is 9.99. The highest BCUT2D eigenvalue weighted by atomic mass is 16.3. The first-order valence-corrected chi connectivity index (χ1v) is 5.16. The van der Waals surface area contributed by atoms with Gasteiger partial charge in [0, 0.05) is 18.8 Å². The second-order valence-corrected chi connectivity index (χ2v) is 4.29. The van der Waals surface area contributed by atoms with Crippen molar-refractivity contribution in [3.63, 3.8) is 0 Å². The Kier molecular flexibility index (Phi) is 2.46. The molecule has 76 valence electrons. The third kappa shape index (κ3) is 1.62. The predicted molar refractivity (Wildman–Crippen MR) is 58.5 cm³/mol. The van der Waals surface area contributed by atoms with Gasteiger partial charge in [-0.25, -0.2) is 0 Å². The summed E-state index contributed by atoms with van der Waals surface area (Å²) in [5.41, 5.74) is 3.59. The van der Waals surface area contributed by atoms with E-state index in [1.807, 2.05) is 6.07 Å². The molecular weight excluding hydrogens is 174 g/mol. The van der Waals surface area contributed by atoms with Crippen LogP contribution in [0.2, 0.25) is 0 Å². The fourth-order valence-electron chi connectivity index (χ4n) is 2.07. The molecule has 2 heteroatoms. The Morgan fingerprint density at radius 1 is 1.43 bits per heavy atom. The van der Waals surface area contributed by atoms with E-state index in [4.69, 9.17) is 5.11 Å². The van der Waals surface area contributed by atoms with Gasteiger partial charge in [-0.05, 0) is 30.0 Å². The molecule has 1 aliphatic rings. The van der Waals surface area contributed by atoms with Crippen molar-refractivity contribution in [2.75, 3.05) is 18.0 Å². The maximum absolute atomic E-state index is 8.99. The SMILES string of the molecule is Cc1cc(CO)ccc1N1CC(C)C1. The van der Waals surface area contributed by atoms with E-state index < -0.39 is 0 Å². The molecule has 1 aromatic rings. The standard InChI is InChI=1S/C12H17NO/c1-9-6-13(7-9)12-4-3-11(8-14)5-10(12)2/h3-5,9,14H,6-8H2,1-2H3. The summed E-state index contributed by atoms with van der Waals surface area (Å²) in [4.78, 5) is 2.39. The van der Waals surface area contributed by atoms with Crippen molar-refractivity contribution in [1.29, 1.82) is 0 Å². The Bertz CT molecular complexity index is 329. The second kappa shape index (κ2) is 3.62. The largest absolute Gasteiger partial charge is 0.392 e. The first-order chi connectivity index (χ1) is 6.70. The van der Waals surface area contributed by atoms with Gasteiger partial charge in [0.1, 0.15) is 0 Å². The number of aryl methyl sites for hydroxylation is 1. The number of aliphatic hydroxyl groups is 1. The molecule has 0 bridgehead atoms. The smallest absolute Gasteiger partial charge is 0.0681 e. The van der Waals surface area contributed by atoms with Gasteiger partial charge in [0.05, 0.1) is 6.61 Å². The zero-order valence-electron chi connectivity index (χ0n) is 8.83. The van der Waals surface area contributed by atoms with Crippen LogP contribution in [0.4, 0.5) is 5.69 Å². The normalized spacial score (nSPS) is 16.9. The molecule has 1 aliphatic heterocycles. The van der Waals surface area contributed by atoms with E-state index in [-0.39, 0.29) is 6.61 Å². The minimum Gasteiger partial charge on any atom is -0.392 e. The van der Waals surface area contributed by atoms with E-state index in [0.717, 1.165) is 11.5 Å². The lowest BCUT2D eigenvalue weighted by Crippen LogP contribution is -2.45. The third-order valence-electron chi connectivity index (χ3n) is 2.85. The number of benzene rings is 1. The van der Waals surface area contributed by atoms with Crippen molar-refractivity contribution in [1.82, 2.24) is 0 Å². The summed E-state index contributed by atoms with van der Waals surface area (Å²) in [7, 11) is 0. The summed E-state index contributed by atoms with van der Waals surface area (Å²) < 4.78 is 0. The van der Waals surface area contributed by atoms with Crippen LogP contribution in [0.1, 0.15) is 18.1 Å². The molecule has 1 heterocycles. The molecule has 1 saturated heterocycles. The van der Waals surface area contributed by atoms with Gasteiger partial charge < -0.3 is 10.0 Å². The van der Waals surface area contributed by atoms with Gasteiger partial charge in [-0.1, -0.05) is 19.1 Å². The summed E-state index contributed by atoms with van der Waals surface area (Å²) in [6.45, 7) is 6.85. The first kappa shape index (κ1) is 9.53. The monoisotopic (exact) mass is 191 g/mol. The van der Waals surface area contributed by atoms with Crippen molar-refractivity contribution in [3.8, 4) is 0 Å². The van der Waals surface area contributed by atoms with Gasteiger partial charge in [0.2, 0.25) is 0 Å². The molecule has 0 amide bonds. The summed E-state index contributed by atoms with van der Waals surface area (Å²) in [5, 5.41) is 8.99. The molecule has 0 spiro atoms. The Balaban J connectivity index is 2.18. The molecule has 0 atom stereocenters. The van der Waals surface area contributed by atoms with Gasteiger partial charge in [0.15, 0.2) is 0 Å². The van der Waals surface area contributed by atoms with Gasteiger partial charge in [0.25, 0.3) is 0 Å². The number of anilines is 1. The number of rotatable bonds is 2. The number of hydrogen-bond acceptors (Lipinski definition) is 2. The Morgan fingerprint density at radius 3 is 2.64 bits per heavy atom. The van der Waals surface area contributed by atoms with Crippen LogP contribution in [0, 0.1) is 12.8 Å². The molecule has 1 aromatic carbocycles. The molecule has 2 rings (SSSR count). The lowest BCUT2D eigenvalue weighted by molar-refractivity contribution is 0.281. The third-order valence-corrected chi connectivity index (χ3v) is 2.85. The van der Waals surface area contributed by atoms with Crippen molar-refractivity contribution in [2.45, 2.75) is 20.5 Å². The van der Waals surface area contributed by atoms with Gasteiger partial charge in [-0.15, -0.1) is 0 Å². The number of nitrogens with zero attached hydrogens (tertiary/aromatic N) is 1. The van der Waals surface area contributed by atoms with Crippen LogP contribution in [0.15, 0.2) is 18.2 Å². The van der Waals surface area contributed by atoms with E-state index in [1.54, 1.807) is 0 Å².